The number of aliphatic carboxylic acids is 1. The van der Waals surface area contributed by atoms with Crippen molar-refractivity contribution in [2.24, 2.45) is 5.73 Å². The lowest BCUT2D eigenvalue weighted by molar-refractivity contribution is -0.138. The van der Waals surface area contributed by atoms with E-state index in [4.69, 9.17) is 15.6 Å². The smallest absolute Gasteiger partial charge is 0.325 e. The maximum absolute atomic E-state index is 12.8. The Hall–Kier alpha value is -1.82. The highest BCUT2D eigenvalue weighted by atomic mass is 19.1. The number of ether oxygens (including phenoxy) is 1. The van der Waals surface area contributed by atoms with Crippen molar-refractivity contribution < 1.29 is 24.1 Å². The van der Waals surface area contributed by atoms with Crippen molar-refractivity contribution in [1.29, 1.82) is 0 Å². The largest absolute Gasteiger partial charge is 0.507 e. The summed E-state index contributed by atoms with van der Waals surface area (Å²) in [4.78, 5) is 10.6. The number of phenols is 1. The van der Waals surface area contributed by atoms with Gasteiger partial charge in [-0.3, -0.25) is 4.79 Å². The molecule has 82 valence electrons. The third-order valence-corrected chi connectivity index (χ3v) is 1.88. The summed E-state index contributed by atoms with van der Waals surface area (Å²) in [5.41, 5.74) is 5.16. The first kappa shape index (κ1) is 11.3. The molecule has 0 heterocycles. The average Bonchev–Trinajstić information content (AvgIpc) is 2.15. The molecule has 0 aliphatic carbocycles. The Labute approximate surface area is 84.9 Å². The summed E-state index contributed by atoms with van der Waals surface area (Å²) < 4.78 is 17.6. The number of carboxylic acid groups (broad SMARTS) is 1. The quantitative estimate of drug-likeness (QED) is 0.687. The van der Waals surface area contributed by atoms with Gasteiger partial charge in [0.15, 0.2) is 0 Å². The van der Waals surface area contributed by atoms with Gasteiger partial charge < -0.3 is 20.7 Å². The van der Waals surface area contributed by atoms with Crippen LogP contribution in [0.5, 0.6) is 11.5 Å². The number of methoxy groups -OCH3 is 1. The molecule has 1 aromatic rings. The zero-order valence-corrected chi connectivity index (χ0v) is 7.90. The van der Waals surface area contributed by atoms with E-state index in [1.54, 1.807) is 0 Å². The normalized spacial score (nSPS) is 12.2. The molecule has 0 saturated carbocycles. The molecule has 1 unspecified atom stereocenters. The van der Waals surface area contributed by atoms with E-state index in [1.165, 1.54) is 7.11 Å². The monoisotopic (exact) mass is 215 g/mol. The highest BCUT2D eigenvalue weighted by Gasteiger charge is 2.23. The lowest BCUT2D eigenvalue weighted by atomic mass is 10.1. The first-order valence-corrected chi connectivity index (χ1v) is 4.02. The molecule has 1 aromatic carbocycles. The molecule has 0 saturated heterocycles. The molecule has 0 bridgehead atoms. The van der Waals surface area contributed by atoms with Crippen LogP contribution in [0.2, 0.25) is 0 Å². The number of nitrogens with two attached hydrogens (primary N) is 1. The molecule has 0 radical (unpaired) electrons. The van der Waals surface area contributed by atoms with Crippen LogP contribution in [0.25, 0.3) is 0 Å². The summed E-state index contributed by atoms with van der Waals surface area (Å²) in [5, 5.41) is 18.0. The van der Waals surface area contributed by atoms with Gasteiger partial charge in [0.25, 0.3) is 0 Å². The Kier molecular flexibility index (Phi) is 3.11. The predicted molar refractivity (Wildman–Crippen MR) is 49.2 cm³/mol. The molecule has 0 aromatic heterocycles. The standard InChI is InChI=1S/C9H10FNO4/c1-15-6-3-4(10)2-5(12)7(6)8(11)9(13)14/h2-3,8,12H,11H2,1H3,(H,13,14). The molecule has 0 amide bonds. The fraction of sp³-hybridized carbons (Fsp3) is 0.222. The van der Waals surface area contributed by atoms with Crippen molar-refractivity contribution in [3.05, 3.63) is 23.5 Å². The van der Waals surface area contributed by atoms with Gasteiger partial charge in [-0.25, -0.2) is 4.39 Å². The lowest BCUT2D eigenvalue weighted by Gasteiger charge is -2.13. The molecule has 1 rings (SSSR count). The first-order valence-electron chi connectivity index (χ1n) is 4.02. The predicted octanol–water partition coefficient (Wildman–Crippen LogP) is 0.624. The van der Waals surface area contributed by atoms with Gasteiger partial charge in [0.1, 0.15) is 23.4 Å². The van der Waals surface area contributed by atoms with Crippen LogP contribution in [-0.4, -0.2) is 23.3 Å². The number of benzene rings is 1. The Balaban J connectivity index is 3.32. The summed E-state index contributed by atoms with van der Waals surface area (Å²) in [6, 6.07) is 0.277. The molecular formula is C9H10FNO4. The van der Waals surface area contributed by atoms with E-state index in [2.05, 4.69) is 0 Å². The molecular weight excluding hydrogens is 205 g/mol. The Morgan fingerprint density at radius 1 is 1.60 bits per heavy atom. The van der Waals surface area contributed by atoms with Gasteiger partial charge in [-0.1, -0.05) is 0 Å². The maximum Gasteiger partial charge on any atom is 0.325 e. The fourth-order valence-corrected chi connectivity index (χ4v) is 1.18. The van der Waals surface area contributed by atoms with E-state index >= 15 is 0 Å². The molecule has 0 aliphatic rings. The topological polar surface area (TPSA) is 92.8 Å². The van der Waals surface area contributed by atoms with Gasteiger partial charge in [0.2, 0.25) is 0 Å². The molecule has 1 atom stereocenters. The number of halogens is 1. The van der Waals surface area contributed by atoms with E-state index in [-0.39, 0.29) is 11.3 Å². The zero-order chi connectivity index (χ0) is 11.6. The number of carbonyl (C=O) groups is 1. The molecule has 6 heteroatoms. The number of phenolic OH excluding ortho intramolecular Hbond substituents is 1. The molecule has 5 nitrogen and oxygen atoms in total. The van der Waals surface area contributed by atoms with E-state index < -0.39 is 23.6 Å². The van der Waals surface area contributed by atoms with Gasteiger partial charge in [-0.2, -0.15) is 0 Å². The highest BCUT2D eigenvalue weighted by Crippen LogP contribution is 2.33. The Morgan fingerprint density at radius 2 is 2.20 bits per heavy atom. The van der Waals surface area contributed by atoms with Gasteiger partial charge >= 0.3 is 5.97 Å². The second-order valence-corrected chi connectivity index (χ2v) is 2.86. The van der Waals surface area contributed by atoms with Crippen LogP contribution in [0, 0.1) is 5.82 Å². The molecule has 0 aliphatic heterocycles. The molecule has 4 N–H and O–H groups in total. The molecule has 0 spiro atoms. The maximum atomic E-state index is 12.8. The van der Waals surface area contributed by atoms with E-state index in [0.29, 0.717) is 0 Å². The zero-order valence-electron chi connectivity index (χ0n) is 7.90. The Bertz CT molecular complexity index is 394. The Morgan fingerprint density at radius 3 is 2.67 bits per heavy atom. The summed E-state index contributed by atoms with van der Waals surface area (Å²) in [6.45, 7) is 0. The number of rotatable bonds is 3. The molecule has 0 fully saturated rings. The number of hydrogen-bond donors (Lipinski definition) is 3. The van der Waals surface area contributed by atoms with Gasteiger partial charge in [0.05, 0.1) is 12.7 Å². The van der Waals surface area contributed by atoms with E-state index in [0.717, 1.165) is 12.1 Å². The minimum Gasteiger partial charge on any atom is -0.507 e. The van der Waals surface area contributed by atoms with Crippen molar-refractivity contribution >= 4 is 5.97 Å². The molecule has 15 heavy (non-hydrogen) atoms. The summed E-state index contributed by atoms with van der Waals surface area (Å²) in [5.74, 6) is -2.70. The van der Waals surface area contributed by atoms with Gasteiger partial charge in [-0.15, -0.1) is 0 Å². The number of hydrogen-bond acceptors (Lipinski definition) is 4. The van der Waals surface area contributed by atoms with Crippen LogP contribution in [0.1, 0.15) is 11.6 Å². The number of aromatic hydroxyl groups is 1. The van der Waals surface area contributed by atoms with E-state index in [1.807, 2.05) is 0 Å². The third-order valence-electron chi connectivity index (χ3n) is 1.88. The fourth-order valence-electron chi connectivity index (χ4n) is 1.18. The lowest BCUT2D eigenvalue weighted by Crippen LogP contribution is -2.21. The van der Waals surface area contributed by atoms with Crippen LogP contribution >= 0.6 is 0 Å². The third kappa shape index (κ3) is 2.16. The van der Waals surface area contributed by atoms with Crippen LogP contribution in [0.15, 0.2) is 12.1 Å². The summed E-state index contributed by atoms with van der Waals surface area (Å²) in [6.07, 6.45) is 0. The van der Waals surface area contributed by atoms with Crippen LogP contribution in [-0.2, 0) is 4.79 Å². The van der Waals surface area contributed by atoms with Crippen molar-refractivity contribution in [2.75, 3.05) is 7.11 Å². The second kappa shape index (κ2) is 4.14. The first-order chi connectivity index (χ1) is 6.97. The van der Waals surface area contributed by atoms with Crippen LogP contribution in [0.4, 0.5) is 4.39 Å². The minimum atomic E-state index is -1.46. The highest BCUT2D eigenvalue weighted by molar-refractivity contribution is 5.77. The second-order valence-electron chi connectivity index (χ2n) is 2.86. The van der Waals surface area contributed by atoms with Crippen molar-refractivity contribution in [1.82, 2.24) is 0 Å². The summed E-state index contributed by atoms with van der Waals surface area (Å²) >= 11 is 0. The SMILES string of the molecule is COc1cc(F)cc(O)c1C(N)C(=O)O. The van der Waals surface area contributed by atoms with Crippen LogP contribution in [0.3, 0.4) is 0 Å². The summed E-state index contributed by atoms with van der Waals surface area (Å²) in [7, 11) is 1.23. The van der Waals surface area contributed by atoms with Gasteiger partial charge in [-0.05, 0) is 0 Å². The van der Waals surface area contributed by atoms with Crippen molar-refractivity contribution in [2.45, 2.75) is 6.04 Å². The van der Waals surface area contributed by atoms with Crippen molar-refractivity contribution in [3.8, 4) is 11.5 Å². The van der Waals surface area contributed by atoms with Crippen LogP contribution < -0.4 is 10.5 Å². The van der Waals surface area contributed by atoms with Gasteiger partial charge in [0, 0.05) is 12.1 Å². The minimum absolute atomic E-state index is 0.0950. The average molecular weight is 215 g/mol. The number of carboxylic acids is 1. The van der Waals surface area contributed by atoms with E-state index in [9.17, 15) is 14.3 Å². The van der Waals surface area contributed by atoms with Crippen molar-refractivity contribution in [3.63, 3.8) is 0 Å².